The van der Waals surface area contributed by atoms with Gasteiger partial charge >= 0.3 is 0 Å². The van der Waals surface area contributed by atoms with E-state index < -0.39 is 5.92 Å². The number of carbonyl (C=O) groups is 1. The van der Waals surface area contributed by atoms with Crippen LogP contribution in [-0.2, 0) is 4.79 Å². The third-order valence-electron chi connectivity index (χ3n) is 4.08. The predicted molar refractivity (Wildman–Crippen MR) is 100 cm³/mol. The molecule has 0 fully saturated rings. The Kier molecular flexibility index (Phi) is 5.32. The van der Waals surface area contributed by atoms with Crippen LogP contribution in [0.1, 0.15) is 23.5 Å². The molecule has 1 atom stereocenters. The first kappa shape index (κ1) is 18.1. The van der Waals surface area contributed by atoms with Gasteiger partial charge in [0.15, 0.2) is 16.7 Å². The summed E-state index contributed by atoms with van der Waals surface area (Å²) in [6.07, 6.45) is 1.88. The molecular formula is C18H19N3O4S. The van der Waals surface area contributed by atoms with E-state index in [0.717, 1.165) is 5.56 Å². The summed E-state index contributed by atoms with van der Waals surface area (Å²) in [5.74, 6) is 1.44. The number of thioether (sulfide) groups is 1. The third kappa shape index (κ3) is 3.45. The molecule has 2 aromatic rings. The Balaban J connectivity index is 2.07. The average Bonchev–Trinajstić information content (AvgIpc) is 2.64. The number of ether oxygens (including phenoxy) is 2. The molecule has 3 rings (SSSR count). The molecule has 0 unspecified atom stereocenters. The minimum atomic E-state index is -0.409. The lowest BCUT2D eigenvalue weighted by Crippen LogP contribution is -2.31. The fourth-order valence-electron chi connectivity index (χ4n) is 2.91. The van der Waals surface area contributed by atoms with E-state index in [0.29, 0.717) is 33.8 Å². The van der Waals surface area contributed by atoms with Gasteiger partial charge in [-0.2, -0.15) is 0 Å². The highest BCUT2D eigenvalue weighted by Crippen LogP contribution is 2.38. The van der Waals surface area contributed by atoms with Crippen LogP contribution in [-0.4, -0.2) is 35.8 Å². The van der Waals surface area contributed by atoms with E-state index in [4.69, 9.17) is 9.47 Å². The minimum Gasteiger partial charge on any atom is -0.493 e. The molecule has 0 spiro atoms. The number of anilines is 1. The molecule has 1 aliphatic rings. The molecule has 136 valence electrons. The van der Waals surface area contributed by atoms with Gasteiger partial charge in [0, 0.05) is 18.1 Å². The molecule has 1 aromatic heterocycles. The quantitative estimate of drug-likeness (QED) is 0.459. The molecule has 1 amide bonds. The van der Waals surface area contributed by atoms with Crippen molar-refractivity contribution in [3.63, 3.8) is 0 Å². The summed E-state index contributed by atoms with van der Waals surface area (Å²) in [5.41, 5.74) is 0.971. The normalized spacial score (nSPS) is 15.8. The van der Waals surface area contributed by atoms with Gasteiger partial charge in [-0.05, 0) is 17.7 Å². The van der Waals surface area contributed by atoms with Crippen LogP contribution in [0.3, 0.4) is 0 Å². The molecule has 0 saturated carbocycles. The van der Waals surface area contributed by atoms with E-state index >= 15 is 0 Å². The maximum absolute atomic E-state index is 12.7. The molecule has 0 radical (unpaired) electrons. The average molecular weight is 373 g/mol. The van der Waals surface area contributed by atoms with Gasteiger partial charge in [-0.25, -0.2) is 4.98 Å². The lowest BCUT2D eigenvalue weighted by Gasteiger charge is -2.25. The molecular weight excluding hydrogens is 354 g/mol. The van der Waals surface area contributed by atoms with E-state index in [1.165, 1.54) is 11.8 Å². The van der Waals surface area contributed by atoms with Crippen molar-refractivity contribution in [3.8, 4) is 11.5 Å². The molecule has 7 nitrogen and oxygen atoms in total. The number of carbonyl (C=O) groups excluding carboxylic acids is 1. The van der Waals surface area contributed by atoms with Crippen molar-refractivity contribution in [2.24, 2.45) is 0 Å². The number of amides is 1. The summed E-state index contributed by atoms with van der Waals surface area (Å²) in [5, 5.41) is 3.15. The zero-order valence-electron chi connectivity index (χ0n) is 14.5. The summed E-state index contributed by atoms with van der Waals surface area (Å²) in [7, 11) is 3.10. The van der Waals surface area contributed by atoms with Crippen molar-refractivity contribution in [3.05, 3.63) is 52.3 Å². The highest BCUT2D eigenvalue weighted by Gasteiger charge is 2.31. The number of H-pyrrole nitrogens is 1. The van der Waals surface area contributed by atoms with E-state index in [-0.39, 0.29) is 17.9 Å². The smallest absolute Gasteiger partial charge is 0.257 e. The number of rotatable bonds is 6. The van der Waals surface area contributed by atoms with Crippen LogP contribution in [0.15, 0.2) is 40.8 Å². The number of nitrogens with zero attached hydrogens (tertiary/aromatic N) is 1. The lowest BCUT2D eigenvalue weighted by molar-refractivity contribution is -0.116. The summed E-state index contributed by atoms with van der Waals surface area (Å²) in [4.78, 5) is 32.0. The first-order valence-corrected chi connectivity index (χ1v) is 8.95. The largest absolute Gasteiger partial charge is 0.493 e. The monoisotopic (exact) mass is 373 g/mol. The number of benzene rings is 1. The van der Waals surface area contributed by atoms with E-state index in [1.807, 2.05) is 6.07 Å². The Morgan fingerprint density at radius 1 is 1.31 bits per heavy atom. The second-order valence-electron chi connectivity index (χ2n) is 5.65. The van der Waals surface area contributed by atoms with Gasteiger partial charge < -0.3 is 19.8 Å². The maximum atomic E-state index is 12.7. The SMILES string of the molecule is C=CCSc1nc2c(c(=O)[nH]1)[C@H](c1ccc(OC)c(OC)c1)CC(=O)N2. The van der Waals surface area contributed by atoms with Crippen LogP contribution in [0, 0.1) is 0 Å². The van der Waals surface area contributed by atoms with Crippen molar-refractivity contribution < 1.29 is 14.3 Å². The number of aromatic nitrogens is 2. The van der Waals surface area contributed by atoms with E-state index in [9.17, 15) is 9.59 Å². The fraction of sp³-hybridized carbons (Fsp3) is 0.278. The number of methoxy groups -OCH3 is 2. The summed E-state index contributed by atoms with van der Waals surface area (Å²) < 4.78 is 10.6. The second kappa shape index (κ2) is 7.65. The molecule has 2 heterocycles. The zero-order valence-corrected chi connectivity index (χ0v) is 15.3. The highest BCUT2D eigenvalue weighted by molar-refractivity contribution is 7.99. The van der Waals surface area contributed by atoms with Crippen LogP contribution in [0.4, 0.5) is 5.82 Å². The second-order valence-corrected chi connectivity index (χ2v) is 6.66. The number of hydrogen-bond acceptors (Lipinski definition) is 6. The van der Waals surface area contributed by atoms with Crippen molar-refractivity contribution in [2.75, 3.05) is 25.3 Å². The summed E-state index contributed by atoms with van der Waals surface area (Å²) >= 11 is 1.34. The van der Waals surface area contributed by atoms with Gasteiger partial charge in [-0.3, -0.25) is 9.59 Å². The fourth-order valence-corrected chi connectivity index (χ4v) is 3.51. The Bertz CT molecular complexity index is 910. The minimum absolute atomic E-state index is 0.159. The number of nitrogens with one attached hydrogen (secondary N) is 2. The van der Waals surface area contributed by atoms with Crippen LogP contribution < -0.4 is 20.3 Å². The lowest BCUT2D eigenvalue weighted by atomic mass is 9.86. The number of aromatic amines is 1. The van der Waals surface area contributed by atoms with E-state index in [1.54, 1.807) is 32.4 Å². The first-order chi connectivity index (χ1) is 12.6. The van der Waals surface area contributed by atoms with Crippen LogP contribution >= 0.6 is 11.8 Å². The van der Waals surface area contributed by atoms with Crippen LogP contribution in [0.25, 0.3) is 0 Å². The standard InChI is InChI=1S/C18H19N3O4S/c1-4-7-26-18-20-16-15(17(23)21-18)11(9-14(22)19-16)10-5-6-12(24-2)13(8-10)25-3/h4-6,8,11H,1,7,9H2,2-3H3,(H2,19,20,21,22,23)/t11-/m0/s1. The predicted octanol–water partition coefficient (Wildman–Crippen LogP) is 2.54. The molecule has 2 N–H and O–H groups in total. The molecule has 1 aromatic carbocycles. The highest BCUT2D eigenvalue weighted by atomic mass is 32.2. The molecule has 26 heavy (non-hydrogen) atoms. The van der Waals surface area contributed by atoms with Crippen LogP contribution in [0.2, 0.25) is 0 Å². The van der Waals surface area contributed by atoms with Gasteiger partial charge in [0.1, 0.15) is 5.82 Å². The number of fused-ring (bicyclic) bond motifs is 1. The van der Waals surface area contributed by atoms with Gasteiger partial charge in [-0.1, -0.05) is 23.9 Å². The Labute approximate surface area is 154 Å². The van der Waals surface area contributed by atoms with Crippen molar-refractivity contribution in [1.29, 1.82) is 0 Å². The van der Waals surface area contributed by atoms with Crippen molar-refractivity contribution in [2.45, 2.75) is 17.5 Å². The Morgan fingerprint density at radius 3 is 2.77 bits per heavy atom. The number of hydrogen-bond donors (Lipinski definition) is 2. The summed E-state index contributed by atoms with van der Waals surface area (Å²) in [6.45, 7) is 3.65. The summed E-state index contributed by atoms with van der Waals surface area (Å²) in [6, 6.07) is 5.37. The molecule has 1 aliphatic heterocycles. The maximum Gasteiger partial charge on any atom is 0.257 e. The van der Waals surface area contributed by atoms with E-state index in [2.05, 4.69) is 21.9 Å². The third-order valence-corrected chi connectivity index (χ3v) is 4.95. The first-order valence-electron chi connectivity index (χ1n) is 7.97. The van der Waals surface area contributed by atoms with Crippen molar-refractivity contribution in [1.82, 2.24) is 9.97 Å². The van der Waals surface area contributed by atoms with Gasteiger partial charge in [-0.15, -0.1) is 6.58 Å². The molecule has 0 saturated heterocycles. The molecule has 0 bridgehead atoms. The Morgan fingerprint density at radius 2 is 2.08 bits per heavy atom. The Hall–Kier alpha value is -2.74. The topological polar surface area (TPSA) is 93.3 Å². The van der Waals surface area contributed by atoms with Gasteiger partial charge in [0.25, 0.3) is 5.56 Å². The van der Waals surface area contributed by atoms with Gasteiger partial charge in [0.05, 0.1) is 19.8 Å². The van der Waals surface area contributed by atoms with Crippen LogP contribution in [0.5, 0.6) is 11.5 Å². The van der Waals surface area contributed by atoms with Gasteiger partial charge in [0.2, 0.25) is 5.91 Å². The van der Waals surface area contributed by atoms with Crippen molar-refractivity contribution >= 4 is 23.5 Å². The molecule has 0 aliphatic carbocycles. The molecule has 8 heteroatoms. The zero-order chi connectivity index (χ0) is 18.7.